The van der Waals surface area contributed by atoms with Crippen molar-refractivity contribution in [1.82, 2.24) is 9.78 Å². The van der Waals surface area contributed by atoms with Crippen LogP contribution in [0.25, 0.3) is 5.57 Å². The van der Waals surface area contributed by atoms with Crippen LogP contribution in [0.1, 0.15) is 80.7 Å². The number of aryl methyl sites for hydroxylation is 1. The van der Waals surface area contributed by atoms with Gasteiger partial charge in [0.15, 0.2) is 9.84 Å². The number of hydrogen-bond acceptors (Lipinski definition) is 5. The Kier molecular flexibility index (Phi) is 8.10. The van der Waals surface area contributed by atoms with E-state index >= 15 is 0 Å². The van der Waals surface area contributed by atoms with Crippen LogP contribution < -0.4 is 4.74 Å². The quantitative estimate of drug-likeness (QED) is 0.469. The molecule has 1 aromatic carbocycles. The molecule has 0 amide bonds. The van der Waals surface area contributed by atoms with Crippen LogP contribution >= 0.6 is 0 Å². The van der Waals surface area contributed by atoms with Crippen molar-refractivity contribution in [3.63, 3.8) is 0 Å². The highest BCUT2D eigenvalue weighted by Gasteiger charge is 2.28. The molecule has 2 rings (SSSR count). The Morgan fingerprint density at radius 3 is 2.25 bits per heavy atom. The van der Waals surface area contributed by atoms with Gasteiger partial charge in [-0.1, -0.05) is 26.3 Å². The first-order valence-corrected chi connectivity index (χ1v) is 12.9. The summed E-state index contributed by atoms with van der Waals surface area (Å²) in [5.74, 6) is 0.614. The number of carbonyl (C=O) groups is 1. The third kappa shape index (κ3) is 5.31. The highest BCUT2D eigenvalue weighted by Crippen LogP contribution is 2.34. The molecular weight excluding hydrogens is 424 g/mol. The monoisotopic (exact) mass is 460 g/mol. The van der Waals surface area contributed by atoms with Crippen molar-refractivity contribution in [2.24, 2.45) is 5.92 Å². The average Bonchev–Trinajstić information content (AvgIpc) is 2.98. The van der Waals surface area contributed by atoms with Crippen LogP contribution in [0.2, 0.25) is 0 Å². The summed E-state index contributed by atoms with van der Waals surface area (Å²) in [6.07, 6.45) is 2.01. The molecule has 0 spiro atoms. The molecule has 32 heavy (non-hydrogen) atoms. The molecule has 2 aromatic rings. The van der Waals surface area contributed by atoms with Crippen LogP contribution in [0.3, 0.4) is 0 Å². The lowest BCUT2D eigenvalue weighted by atomic mass is 9.91. The molecule has 0 radical (unpaired) electrons. The second kappa shape index (κ2) is 10.0. The van der Waals surface area contributed by atoms with Gasteiger partial charge in [-0.25, -0.2) is 13.1 Å². The Labute approximate surface area is 192 Å². The molecule has 0 unspecified atom stereocenters. The summed E-state index contributed by atoms with van der Waals surface area (Å²) in [6.45, 7) is 16.7. The van der Waals surface area contributed by atoms with E-state index in [0.717, 1.165) is 17.6 Å². The van der Waals surface area contributed by atoms with Crippen LogP contribution in [0, 0.1) is 19.8 Å². The number of ketones is 1. The molecule has 7 heteroatoms. The zero-order valence-electron chi connectivity index (χ0n) is 20.8. The zero-order chi connectivity index (χ0) is 24.4. The molecule has 1 aromatic heterocycles. The predicted molar refractivity (Wildman–Crippen MR) is 129 cm³/mol. The summed E-state index contributed by atoms with van der Waals surface area (Å²) in [5, 5.41) is 4.59. The second-order valence-corrected chi connectivity index (χ2v) is 11.0. The maximum absolute atomic E-state index is 13.8. The summed E-state index contributed by atoms with van der Waals surface area (Å²) in [6, 6.07) is 3.15. The molecule has 0 atom stereocenters. The van der Waals surface area contributed by atoms with E-state index in [-0.39, 0.29) is 10.7 Å². The van der Waals surface area contributed by atoms with Gasteiger partial charge in [-0.15, -0.1) is 0 Å². The summed E-state index contributed by atoms with van der Waals surface area (Å²) in [5.41, 5.74) is 4.60. The summed E-state index contributed by atoms with van der Waals surface area (Å²) < 4.78 is 32.7. The summed E-state index contributed by atoms with van der Waals surface area (Å²) in [7, 11) is -3.47. The third-order valence-corrected chi connectivity index (χ3v) is 6.62. The normalized spacial score (nSPS) is 11.7. The molecule has 0 bridgehead atoms. The lowest BCUT2D eigenvalue weighted by Gasteiger charge is -2.17. The minimum absolute atomic E-state index is 0.205. The van der Waals surface area contributed by atoms with Gasteiger partial charge < -0.3 is 4.74 Å². The number of hydrogen-bond donors (Lipinski definition) is 0. The summed E-state index contributed by atoms with van der Waals surface area (Å²) >= 11 is 0. The first-order valence-electron chi connectivity index (χ1n) is 11.0. The van der Waals surface area contributed by atoms with E-state index < -0.39 is 9.84 Å². The second-order valence-electron chi connectivity index (χ2n) is 9.03. The van der Waals surface area contributed by atoms with E-state index in [0.29, 0.717) is 52.9 Å². The Morgan fingerprint density at radius 1 is 1.12 bits per heavy atom. The highest BCUT2D eigenvalue weighted by molar-refractivity contribution is 7.90. The zero-order valence-corrected chi connectivity index (χ0v) is 21.6. The Hall–Kier alpha value is -2.41. The largest absolute Gasteiger partial charge is 0.477 e. The van der Waals surface area contributed by atoms with Crippen LogP contribution in [-0.4, -0.2) is 36.8 Å². The first kappa shape index (κ1) is 25.8. The molecule has 0 fully saturated rings. The van der Waals surface area contributed by atoms with Gasteiger partial charge in [0.1, 0.15) is 5.56 Å². The van der Waals surface area contributed by atoms with Crippen molar-refractivity contribution in [1.29, 1.82) is 0 Å². The van der Waals surface area contributed by atoms with Gasteiger partial charge in [-0.05, 0) is 75.8 Å². The van der Waals surface area contributed by atoms with E-state index in [4.69, 9.17) is 4.74 Å². The number of benzene rings is 1. The maximum Gasteiger partial charge on any atom is 0.223 e. The van der Waals surface area contributed by atoms with Gasteiger partial charge in [0, 0.05) is 18.4 Å². The van der Waals surface area contributed by atoms with Gasteiger partial charge in [0.25, 0.3) is 0 Å². The number of carbonyl (C=O) groups excluding carboxylic acids is 1. The molecule has 0 aliphatic carbocycles. The van der Waals surface area contributed by atoms with Gasteiger partial charge in [0.05, 0.1) is 17.2 Å². The van der Waals surface area contributed by atoms with Gasteiger partial charge in [0.2, 0.25) is 11.7 Å². The number of rotatable bonds is 9. The third-order valence-electron chi connectivity index (χ3n) is 5.48. The molecule has 0 saturated heterocycles. The van der Waals surface area contributed by atoms with E-state index in [1.54, 1.807) is 10.7 Å². The van der Waals surface area contributed by atoms with Crippen molar-refractivity contribution >= 4 is 21.2 Å². The van der Waals surface area contributed by atoms with Gasteiger partial charge in [-0.2, -0.15) is 5.10 Å². The lowest BCUT2D eigenvalue weighted by Crippen LogP contribution is -2.13. The molecule has 6 nitrogen and oxygen atoms in total. The standard InChI is InChI=1S/C25H36N2O4S/c1-10-13-31-25-23(19(8)26-27(25)14-15(2)3)24(28)20-11-12-21(32(9,29)30)22(18(20)7)17(6)16(4)5/h11-12,15H,10,13-14H2,1-9H3. The number of allylic oxidation sites excluding steroid dienone is 2. The average molecular weight is 461 g/mol. The van der Waals surface area contributed by atoms with Crippen LogP contribution in [0.15, 0.2) is 22.6 Å². The Bertz CT molecular complexity index is 1150. The van der Waals surface area contributed by atoms with Crippen molar-refractivity contribution < 1.29 is 17.9 Å². The van der Waals surface area contributed by atoms with Crippen LogP contribution in [0.4, 0.5) is 0 Å². The number of nitrogens with zero attached hydrogens (tertiary/aromatic N) is 2. The van der Waals surface area contributed by atoms with Crippen molar-refractivity contribution in [3.05, 3.63) is 45.7 Å². The van der Waals surface area contributed by atoms with Crippen LogP contribution in [-0.2, 0) is 16.4 Å². The van der Waals surface area contributed by atoms with E-state index in [2.05, 4.69) is 18.9 Å². The molecule has 0 N–H and O–H groups in total. The topological polar surface area (TPSA) is 78.3 Å². The Morgan fingerprint density at radius 2 is 1.75 bits per heavy atom. The fraction of sp³-hybridized carbons (Fsp3) is 0.520. The highest BCUT2D eigenvalue weighted by atomic mass is 32.2. The van der Waals surface area contributed by atoms with E-state index in [9.17, 15) is 13.2 Å². The van der Waals surface area contributed by atoms with Gasteiger partial charge >= 0.3 is 0 Å². The predicted octanol–water partition coefficient (Wildman–Crippen LogP) is 5.39. The van der Waals surface area contributed by atoms with E-state index in [1.165, 1.54) is 12.3 Å². The molecule has 1 heterocycles. The first-order chi connectivity index (χ1) is 14.8. The fourth-order valence-electron chi connectivity index (χ4n) is 3.73. The molecule has 0 saturated carbocycles. The lowest BCUT2D eigenvalue weighted by molar-refractivity contribution is 0.103. The minimum atomic E-state index is -3.47. The Balaban J connectivity index is 2.78. The van der Waals surface area contributed by atoms with E-state index in [1.807, 2.05) is 41.5 Å². The fourth-order valence-corrected chi connectivity index (χ4v) is 4.72. The number of aromatic nitrogens is 2. The number of ether oxygens (including phenoxy) is 1. The van der Waals surface area contributed by atoms with Crippen molar-refractivity contribution in [2.45, 2.75) is 73.3 Å². The van der Waals surface area contributed by atoms with Gasteiger partial charge in [-0.3, -0.25) is 4.79 Å². The molecular formula is C25H36N2O4S. The minimum Gasteiger partial charge on any atom is -0.477 e. The maximum atomic E-state index is 13.8. The van der Waals surface area contributed by atoms with Crippen molar-refractivity contribution in [3.8, 4) is 5.88 Å². The SMILES string of the molecule is CCCOc1c(C(=O)c2ccc(S(C)(=O)=O)c(C(C)=C(C)C)c2C)c(C)nn1CC(C)C. The number of sulfone groups is 1. The van der Waals surface area contributed by atoms with Crippen LogP contribution in [0.5, 0.6) is 5.88 Å². The smallest absolute Gasteiger partial charge is 0.223 e. The molecule has 0 aliphatic rings. The molecule has 0 aliphatic heterocycles. The van der Waals surface area contributed by atoms with Crippen molar-refractivity contribution in [2.75, 3.05) is 12.9 Å². The summed E-state index contributed by atoms with van der Waals surface area (Å²) in [4.78, 5) is 14.0. The molecule has 176 valence electrons.